The van der Waals surface area contributed by atoms with Crippen LogP contribution < -0.4 is 10.1 Å². The van der Waals surface area contributed by atoms with Gasteiger partial charge in [0.1, 0.15) is 5.75 Å². The Hall–Kier alpha value is -2.71. The van der Waals surface area contributed by atoms with Crippen LogP contribution in [0.3, 0.4) is 0 Å². The van der Waals surface area contributed by atoms with E-state index in [1.807, 2.05) is 19.9 Å². The molecule has 1 unspecified atom stereocenters. The Balaban J connectivity index is 1.72. The molecule has 1 atom stereocenters. The number of aryl methyl sites for hydroxylation is 1. The summed E-state index contributed by atoms with van der Waals surface area (Å²) in [6.07, 6.45) is 0.440. The number of nitrogens with one attached hydrogen (secondary N) is 1. The number of fused-ring (bicyclic) bond motifs is 1. The molecular weight excluding hydrogens is 392 g/mol. The average molecular weight is 416 g/mol. The maximum absolute atomic E-state index is 12.3. The van der Waals surface area contributed by atoms with Gasteiger partial charge in [-0.25, -0.2) is 12.7 Å². The van der Waals surface area contributed by atoms with Crippen molar-refractivity contribution in [2.24, 2.45) is 0 Å². The van der Waals surface area contributed by atoms with Gasteiger partial charge in [0.05, 0.1) is 10.5 Å². The standard InChI is InChI=1S/C21H24N2O5S/c1-13-8-9-18(21-17(24)10-14(2)20(13)21)28-12-19(25)22-15-6-5-7-16(11-15)29(26,27)23(3)4/h5-9,11,14H,10,12H2,1-4H3,(H,22,25). The molecule has 2 aromatic rings. The Labute approximate surface area is 170 Å². The third kappa shape index (κ3) is 4.18. The van der Waals surface area contributed by atoms with Gasteiger partial charge >= 0.3 is 0 Å². The lowest BCUT2D eigenvalue weighted by Gasteiger charge is -2.14. The van der Waals surface area contributed by atoms with Gasteiger partial charge in [0.15, 0.2) is 12.4 Å². The molecule has 2 aromatic carbocycles. The van der Waals surface area contributed by atoms with Gasteiger partial charge in [0.25, 0.3) is 5.91 Å². The molecule has 7 nitrogen and oxygen atoms in total. The minimum absolute atomic E-state index is 0.0215. The molecule has 0 fully saturated rings. The van der Waals surface area contributed by atoms with E-state index < -0.39 is 15.9 Å². The van der Waals surface area contributed by atoms with Crippen LogP contribution in [0.15, 0.2) is 41.3 Å². The quantitative estimate of drug-likeness (QED) is 0.782. The summed E-state index contributed by atoms with van der Waals surface area (Å²) in [6.45, 7) is 3.67. The summed E-state index contributed by atoms with van der Waals surface area (Å²) in [6, 6.07) is 9.60. The number of hydrogen-bond donors (Lipinski definition) is 1. The van der Waals surface area contributed by atoms with Crippen molar-refractivity contribution in [3.05, 3.63) is 53.1 Å². The van der Waals surface area contributed by atoms with Crippen molar-refractivity contribution in [2.75, 3.05) is 26.0 Å². The summed E-state index contributed by atoms with van der Waals surface area (Å²) < 4.78 is 31.2. The molecule has 1 aliphatic carbocycles. The summed E-state index contributed by atoms with van der Waals surface area (Å²) in [5.74, 6) is 0.112. The van der Waals surface area contributed by atoms with Crippen LogP contribution in [0.5, 0.6) is 5.75 Å². The van der Waals surface area contributed by atoms with Gasteiger partial charge in [-0.1, -0.05) is 19.1 Å². The monoisotopic (exact) mass is 416 g/mol. The Kier molecular flexibility index (Phi) is 5.77. The summed E-state index contributed by atoms with van der Waals surface area (Å²) in [4.78, 5) is 24.7. The zero-order valence-electron chi connectivity index (χ0n) is 16.9. The normalized spacial score (nSPS) is 16.0. The fourth-order valence-corrected chi connectivity index (χ4v) is 4.46. The largest absolute Gasteiger partial charge is 0.483 e. The first-order valence-corrected chi connectivity index (χ1v) is 10.7. The molecule has 1 N–H and O–H groups in total. The number of nitrogens with zero attached hydrogens (tertiary/aromatic N) is 1. The van der Waals surface area contributed by atoms with E-state index in [1.54, 1.807) is 18.2 Å². The molecule has 1 amide bonds. The van der Waals surface area contributed by atoms with E-state index >= 15 is 0 Å². The Morgan fingerprint density at radius 3 is 2.66 bits per heavy atom. The van der Waals surface area contributed by atoms with Crippen molar-refractivity contribution >= 4 is 27.4 Å². The highest BCUT2D eigenvalue weighted by Crippen LogP contribution is 2.40. The number of anilines is 1. The Morgan fingerprint density at radius 1 is 1.24 bits per heavy atom. The number of rotatable bonds is 6. The summed E-state index contributed by atoms with van der Waals surface area (Å²) >= 11 is 0. The summed E-state index contributed by atoms with van der Waals surface area (Å²) in [5, 5.41) is 2.63. The van der Waals surface area contributed by atoms with E-state index in [2.05, 4.69) is 5.32 Å². The minimum atomic E-state index is -3.60. The van der Waals surface area contributed by atoms with Gasteiger partial charge in [-0.05, 0) is 48.2 Å². The molecule has 0 aliphatic heterocycles. The van der Waals surface area contributed by atoms with Crippen molar-refractivity contribution in [2.45, 2.75) is 31.1 Å². The van der Waals surface area contributed by atoms with Crippen LogP contribution >= 0.6 is 0 Å². The van der Waals surface area contributed by atoms with Gasteiger partial charge in [-0.2, -0.15) is 0 Å². The molecule has 3 rings (SSSR count). The lowest BCUT2D eigenvalue weighted by atomic mass is 9.97. The number of Topliss-reactive ketones (excluding diaryl/α,β-unsaturated/α-hetero) is 1. The molecule has 0 aromatic heterocycles. The van der Waals surface area contributed by atoms with E-state index in [-0.39, 0.29) is 23.2 Å². The summed E-state index contributed by atoms with van der Waals surface area (Å²) in [5.41, 5.74) is 2.92. The van der Waals surface area contributed by atoms with Crippen LogP contribution in [0.25, 0.3) is 0 Å². The fourth-order valence-electron chi connectivity index (χ4n) is 3.51. The van der Waals surface area contributed by atoms with Gasteiger partial charge in [-0.15, -0.1) is 0 Å². The molecule has 0 bridgehead atoms. The number of carbonyl (C=O) groups excluding carboxylic acids is 2. The van der Waals surface area contributed by atoms with Crippen LogP contribution in [0, 0.1) is 6.92 Å². The molecule has 8 heteroatoms. The number of ketones is 1. The highest BCUT2D eigenvalue weighted by atomic mass is 32.2. The zero-order chi connectivity index (χ0) is 21.3. The number of ether oxygens (including phenoxy) is 1. The second-order valence-corrected chi connectivity index (χ2v) is 9.50. The van der Waals surface area contributed by atoms with Gasteiger partial charge in [-0.3, -0.25) is 9.59 Å². The topological polar surface area (TPSA) is 92.8 Å². The Bertz CT molecular complexity index is 1080. The van der Waals surface area contributed by atoms with Crippen molar-refractivity contribution < 1.29 is 22.7 Å². The number of amides is 1. The maximum atomic E-state index is 12.3. The first-order valence-electron chi connectivity index (χ1n) is 9.23. The van der Waals surface area contributed by atoms with Crippen molar-refractivity contribution in [3.8, 4) is 5.75 Å². The molecule has 29 heavy (non-hydrogen) atoms. The van der Waals surface area contributed by atoms with E-state index in [0.717, 1.165) is 15.4 Å². The molecule has 0 radical (unpaired) electrons. The molecule has 0 spiro atoms. The number of carbonyl (C=O) groups is 2. The van der Waals surface area contributed by atoms with Crippen molar-refractivity contribution in [3.63, 3.8) is 0 Å². The van der Waals surface area contributed by atoms with E-state index in [0.29, 0.717) is 23.4 Å². The molecule has 0 saturated carbocycles. The second-order valence-electron chi connectivity index (χ2n) is 7.35. The molecule has 0 heterocycles. The van der Waals surface area contributed by atoms with Crippen LogP contribution in [0.4, 0.5) is 5.69 Å². The van der Waals surface area contributed by atoms with Gasteiger partial charge in [0.2, 0.25) is 10.0 Å². The highest BCUT2D eigenvalue weighted by molar-refractivity contribution is 7.89. The third-order valence-corrected chi connectivity index (χ3v) is 6.75. The lowest BCUT2D eigenvalue weighted by Crippen LogP contribution is -2.23. The van der Waals surface area contributed by atoms with Crippen LogP contribution in [-0.4, -0.2) is 45.1 Å². The highest BCUT2D eigenvalue weighted by Gasteiger charge is 2.31. The molecular formula is C21H24N2O5S. The second kappa shape index (κ2) is 7.96. The lowest BCUT2D eigenvalue weighted by molar-refractivity contribution is -0.118. The first-order chi connectivity index (χ1) is 13.6. The van der Waals surface area contributed by atoms with Crippen LogP contribution in [0.1, 0.15) is 40.7 Å². The number of benzene rings is 2. The molecule has 1 aliphatic rings. The van der Waals surface area contributed by atoms with Crippen molar-refractivity contribution in [1.29, 1.82) is 0 Å². The van der Waals surface area contributed by atoms with Crippen LogP contribution in [-0.2, 0) is 14.8 Å². The van der Waals surface area contributed by atoms with E-state index in [9.17, 15) is 18.0 Å². The number of sulfonamides is 1. The minimum Gasteiger partial charge on any atom is -0.483 e. The number of hydrogen-bond acceptors (Lipinski definition) is 5. The average Bonchev–Trinajstić information content (AvgIpc) is 2.96. The predicted octanol–water partition coefficient (Wildman–Crippen LogP) is 2.95. The molecule has 0 saturated heterocycles. The van der Waals surface area contributed by atoms with Gasteiger partial charge in [0, 0.05) is 26.2 Å². The van der Waals surface area contributed by atoms with Gasteiger partial charge < -0.3 is 10.1 Å². The maximum Gasteiger partial charge on any atom is 0.262 e. The Morgan fingerprint density at radius 2 is 1.97 bits per heavy atom. The fraction of sp³-hybridized carbons (Fsp3) is 0.333. The smallest absolute Gasteiger partial charge is 0.262 e. The predicted molar refractivity (Wildman–Crippen MR) is 110 cm³/mol. The first kappa shape index (κ1) is 21.0. The SMILES string of the molecule is Cc1ccc(OCC(=O)Nc2cccc(S(=O)(=O)N(C)C)c2)c2c1C(C)CC2=O. The van der Waals surface area contributed by atoms with E-state index in [4.69, 9.17) is 4.74 Å². The van der Waals surface area contributed by atoms with Crippen LogP contribution in [0.2, 0.25) is 0 Å². The van der Waals surface area contributed by atoms with Crippen molar-refractivity contribution in [1.82, 2.24) is 4.31 Å². The molecule has 154 valence electrons. The van der Waals surface area contributed by atoms with E-state index in [1.165, 1.54) is 26.2 Å². The third-order valence-electron chi connectivity index (χ3n) is 4.94. The zero-order valence-corrected chi connectivity index (χ0v) is 17.7. The summed E-state index contributed by atoms with van der Waals surface area (Å²) in [7, 11) is -0.717.